The highest BCUT2D eigenvalue weighted by Crippen LogP contribution is 2.43. The molecule has 7 nitrogen and oxygen atoms in total. The van der Waals surface area contributed by atoms with Crippen molar-refractivity contribution in [3.63, 3.8) is 0 Å². The zero-order valence-corrected chi connectivity index (χ0v) is 18.0. The van der Waals surface area contributed by atoms with E-state index in [1.165, 1.54) is 0 Å². The molecule has 0 unspecified atom stereocenters. The molecule has 7 heteroatoms. The minimum absolute atomic E-state index is 0.534. The second-order valence-corrected chi connectivity index (χ2v) is 7.19. The molecule has 0 bridgehead atoms. The van der Waals surface area contributed by atoms with Gasteiger partial charge < -0.3 is 19.2 Å². The molecule has 2 aromatic heterocycles. The highest BCUT2D eigenvalue weighted by molar-refractivity contribution is 5.85. The summed E-state index contributed by atoms with van der Waals surface area (Å²) >= 11 is 0. The molecule has 0 radical (unpaired) electrons. The molecule has 0 aliphatic carbocycles. The minimum Gasteiger partial charge on any atom is -0.493 e. The Morgan fingerprint density at radius 2 is 1.50 bits per heavy atom. The van der Waals surface area contributed by atoms with Crippen molar-refractivity contribution in [2.45, 2.75) is 0 Å². The van der Waals surface area contributed by atoms with Gasteiger partial charge in [0, 0.05) is 11.8 Å². The van der Waals surface area contributed by atoms with Gasteiger partial charge in [-0.1, -0.05) is 30.3 Å². The summed E-state index contributed by atoms with van der Waals surface area (Å²) in [5, 5.41) is 4.91. The predicted molar refractivity (Wildman–Crippen MR) is 124 cm³/mol. The number of nitrogens with one attached hydrogen (secondary N) is 1. The average molecular weight is 426 g/mol. The van der Waals surface area contributed by atoms with Crippen LogP contribution in [-0.4, -0.2) is 41.1 Å². The fourth-order valence-electron chi connectivity index (χ4n) is 3.77. The van der Waals surface area contributed by atoms with Gasteiger partial charge in [-0.15, -0.1) is 0 Å². The maximum absolute atomic E-state index is 5.56. The summed E-state index contributed by atoms with van der Waals surface area (Å²) in [4.78, 5) is 8.21. The van der Waals surface area contributed by atoms with E-state index in [9.17, 15) is 0 Å². The Labute approximate surface area is 185 Å². The molecule has 160 valence electrons. The summed E-state index contributed by atoms with van der Waals surface area (Å²) in [5.74, 6) is 2.39. The van der Waals surface area contributed by atoms with Crippen LogP contribution in [0.2, 0.25) is 0 Å². The minimum atomic E-state index is 0.534. The number of benzene rings is 3. The number of nitrogens with zero attached hydrogens (tertiary/aromatic N) is 3. The number of para-hydroxylation sites is 3. The molecule has 0 spiro atoms. The quantitative estimate of drug-likeness (QED) is 0.408. The van der Waals surface area contributed by atoms with Crippen molar-refractivity contribution in [1.29, 1.82) is 0 Å². The van der Waals surface area contributed by atoms with E-state index >= 15 is 0 Å². The summed E-state index contributed by atoms with van der Waals surface area (Å²) < 4.78 is 18.5. The number of aromatic amines is 1. The van der Waals surface area contributed by atoms with Gasteiger partial charge in [0.05, 0.1) is 43.6 Å². The van der Waals surface area contributed by atoms with E-state index in [-0.39, 0.29) is 0 Å². The Hall–Kier alpha value is -4.26. The molecule has 0 atom stereocenters. The Morgan fingerprint density at radius 1 is 0.812 bits per heavy atom. The van der Waals surface area contributed by atoms with Crippen molar-refractivity contribution in [1.82, 2.24) is 19.7 Å². The topological polar surface area (TPSA) is 74.2 Å². The zero-order chi connectivity index (χ0) is 22.1. The molecule has 5 aromatic rings. The smallest absolute Gasteiger partial charge is 0.203 e. The average Bonchev–Trinajstić information content (AvgIpc) is 3.48. The van der Waals surface area contributed by atoms with Crippen molar-refractivity contribution in [3.8, 4) is 45.6 Å². The Morgan fingerprint density at radius 3 is 2.16 bits per heavy atom. The van der Waals surface area contributed by atoms with Crippen molar-refractivity contribution < 1.29 is 14.2 Å². The van der Waals surface area contributed by atoms with Crippen LogP contribution in [-0.2, 0) is 0 Å². The number of H-pyrrole nitrogens is 1. The molecule has 32 heavy (non-hydrogen) atoms. The molecule has 0 aliphatic heterocycles. The van der Waals surface area contributed by atoms with E-state index in [0.717, 1.165) is 39.4 Å². The third-order valence-corrected chi connectivity index (χ3v) is 5.32. The van der Waals surface area contributed by atoms with Crippen LogP contribution < -0.4 is 14.2 Å². The van der Waals surface area contributed by atoms with Gasteiger partial charge in [-0.25, -0.2) is 9.67 Å². The molecule has 0 amide bonds. The highest BCUT2D eigenvalue weighted by Gasteiger charge is 2.21. The van der Waals surface area contributed by atoms with E-state index < -0.39 is 0 Å². The highest BCUT2D eigenvalue weighted by atomic mass is 16.5. The van der Waals surface area contributed by atoms with Crippen LogP contribution in [0.3, 0.4) is 0 Å². The first-order valence-electron chi connectivity index (χ1n) is 10.1. The standard InChI is InChI=1S/C25H22N4O3/c1-30-21-13-16(14-22(31-2)24(21)32-3)23-18(15-29(28-23)17-9-5-4-6-10-17)25-26-19-11-7-8-12-20(19)27-25/h4-15H,1-3H3,(H,26,27). The number of methoxy groups -OCH3 is 3. The third-order valence-electron chi connectivity index (χ3n) is 5.32. The number of hydrogen-bond acceptors (Lipinski definition) is 5. The number of aromatic nitrogens is 4. The molecule has 0 fully saturated rings. The first-order chi connectivity index (χ1) is 15.7. The largest absolute Gasteiger partial charge is 0.493 e. The first kappa shape index (κ1) is 19.7. The lowest BCUT2D eigenvalue weighted by molar-refractivity contribution is 0.324. The van der Waals surface area contributed by atoms with Crippen molar-refractivity contribution in [2.75, 3.05) is 21.3 Å². The molecule has 5 rings (SSSR count). The van der Waals surface area contributed by atoms with E-state index in [1.807, 2.05) is 77.6 Å². The van der Waals surface area contributed by atoms with Gasteiger partial charge in [0.15, 0.2) is 11.5 Å². The number of rotatable bonds is 6. The maximum atomic E-state index is 5.56. The summed E-state index contributed by atoms with van der Waals surface area (Å²) in [7, 11) is 4.79. The van der Waals surface area contributed by atoms with E-state index in [4.69, 9.17) is 24.3 Å². The van der Waals surface area contributed by atoms with E-state index in [2.05, 4.69) is 4.98 Å². The van der Waals surface area contributed by atoms with Crippen molar-refractivity contribution >= 4 is 11.0 Å². The lowest BCUT2D eigenvalue weighted by Crippen LogP contribution is -1.97. The first-order valence-corrected chi connectivity index (χ1v) is 10.1. The van der Waals surface area contributed by atoms with Gasteiger partial charge in [0.25, 0.3) is 0 Å². The fraction of sp³-hybridized carbons (Fsp3) is 0.120. The molecule has 0 saturated heterocycles. The lowest BCUT2D eigenvalue weighted by Gasteiger charge is -2.13. The molecule has 0 aliphatic rings. The van der Waals surface area contributed by atoms with Crippen LogP contribution in [0.25, 0.3) is 39.4 Å². The molecule has 2 heterocycles. The summed E-state index contributed by atoms with van der Waals surface area (Å²) in [6, 6.07) is 21.7. The van der Waals surface area contributed by atoms with E-state index in [1.54, 1.807) is 21.3 Å². The second-order valence-electron chi connectivity index (χ2n) is 7.19. The number of imidazole rings is 1. The lowest BCUT2D eigenvalue weighted by atomic mass is 10.1. The maximum Gasteiger partial charge on any atom is 0.203 e. The van der Waals surface area contributed by atoms with Gasteiger partial charge >= 0.3 is 0 Å². The third kappa shape index (κ3) is 3.33. The van der Waals surface area contributed by atoms with Crippen LogP contribution in [0, 0.1) is 0 Å². The number of ether oxygens (including phenoxy) is 3. The van der Waals surface area contributed by atoms with Crippen LogP contribution >= 0.6 is 0 Å². The van der Waals surface area contributed by atoms with Crippen LogP contribution in [0.15, 0.2) is 72.9 Å². The van der Waals surface area contributed by atoms with Crippen molar-refractivity contribution in [2.24, 2.45) is 0 Å². The summed E-state index contributed by atoms with van der Waals surface area (Å²) in [6.07, 6.45) is 1.98. The monoisotopic (exact) mass is 426 g/mol. The molecular formula is C25H22N4O3. The number of hydrogen-bond donors (Lipinski definition) is 1. The van der Waals surface area contributed by atoms with Gasteiger partial charge in [-0.2, -0.15) is 5.10 Å². The van der Waals surface area contributed by atoms with E-state index in [0.29, 0.717) is 17.2 Å². The second kappa shape index (κ2) is 8.11. The Kier molecular flexibility index (Phi) is 4.99. The zero-order valence-electron chi connectivity index (χ0n) is 18.0. The molecule has 3 aromatic carbocycles. The van der Waals surface area contributed by atoms with Gasteiger partial charge in [0.1, 0.15) is 11.5 Å². The SMILES string of the molecule is COc1cc(-c2nn(-c3ccccc3)cc2-c2nc3ccccc3[nH]2)cc(OC)c1OC. The van der Waals surface area contributed by atoms with Gasteiger partial charge in [-0.3, -0.25) is 0 Å². The Balaban J connectivity index is 1.75. The van der Waals surface area contributed by atoms with Crippen molar-refractivity contribution in [3.05, 3.63) is 72.9 Å². The van der Waals surface area contributed by atoms with Crippen LogP contribution in [0.5, 0.6) is 17.2 Å². The molecule has 1 N–H and O–H groups in total. The summed E-state index contributed by atoms with van der Waals surface area (Å²) in [6.45, 7) is 0. The molecular weight excluding hydrogens is 404 g/mol. The fourth-order valence-corrected chi connectivity index (χ4v) is 3.77. The predicted octanol–water partition coefficient (Wildman–Crippen LogP) is 5.11. The van der Waals surface area contributed by atoms with Crippen LogP contribution in [0.4, 0.5) is 0 Å². The normalized spacial score (nSPS) is 11.0. The van der Waals surface area contributed by atoms with Gasteiger partial charge in [-0.05, 0) is 36.4 Å². The molecule has 0 saturated carbocycles. The summed E-state index contributed by atoms with van der Waals surface area (Å²) in [5.41, 5.74) is 5.23. The van der Waals surface area contributed by atoms with Crippen LogP contribution in [0.1, 0.15) is 0 Å². The van der Waals surface area contributed by atoms with Gasteiger partial charge in [0.2, 0.25) is 5.75 Å². The Bertz CT molecular complexity index is 1330. The number of fused-ring (bicyclic) bond motifs is 1.